The second kappa shape index (κ2) is 11.1. The Morgan fingerprint density at radius 1 is 1.19 bits per heavy atom. The maximum Gasteiger partial charge on any atom is 0.327 e. The predicted molar refractivity (Wildman–Crippen MR) is 113 cm³/mol. The van der Waals surface area contributed by atoms with Crippen molar-refractivity contribution in [3.8, 4) is 6.07 Å². The number of esters is 1. The van der Waals surface area contributed by atoms with E-state index in [0.717, 1.165) is 11.8 Å². The number of benzene rings is 1. The van der Waals surface area contributed by atoms with Gasteiger partial charge in [0.2, 0.25) is 0 Å². The molecule has 0 unspecified atom stereocenters. The molecule has 31 heavy (non-hydrogen) atoms. The summed E-state index contributed by atoms with van der Waals surface area (Å²) in [5.41, 5.74) is 1.66. The number of aromatic nitrogens is 1. The normalized spacial score (nSPS) is 10.7. The summed E-state index contributed by atoms with van der Waals surface area (Å²) in [6.07, 6.45) is 3.13. The van der Waals surface area contributed by atoms with Gasteiger partial charge in [0, 0.05) is 18.3 Å². The minimum absolute atomic E-state index is 0.0536. The van der Waals surface area contributed by atoms with Gasteiger partial charge >= 0.3 is 12.0 Å². The zero-order chi connectivity index (χ0) is 22.9. The minimum Gasteiger partial charge on any atom is -0.469 e. The summed E-state index contributed by atoms with van der Waals surface area (Å²) in [5.74, 6) is -0.0544. The molecule has 11 heteroatoms. The summed E-state index contributed by atoms with van der Waals surface area (Å²) in [4.78, 5) is 29.5. The Morgan fingerprint density at radius 2 is 1.90 bits per heavy atom. The third-order valence-electron chi connectivity index (χ3n) is 4.07. The third kappa shape index (κ3) is 8.04. The second-order valence-electron chi connectivity index (χ2n) is 6.39. The molecule has 2 rings (SSSR count). The van der Waals surface area contributed by atoms with Gasteiger partial charge in [-0.25, -0.2) is 9.78 Å². The lowest BCUT2D eigenvalue weighted by molar-refractivity contribution is -0.140. The average molecular weight is 446 g/mol. The van der Waals surface area contributed by atoms with Crippen LogP contribution in [0.5, 0.6) is 0 Å². The smallest absolute Gasteiger partial charge is 0.327 e. The number of nitriles is 1. The fourth-order valence-electron chi connectivity index (χ4n) is 2.52. The monoisotopic (exact) mass is 446 g/mol. The van der Waals surface area contributed by atoms with Crippen LogP contribution in [0.2, 0.25) is 0 Å². The van der Waals surface area contributed by atoms with E-state index in [4.69, 9.17) is 9.44 Å². The second-order valence-corrected chi connectivity index (χ2v) is 8.04. The summed E-state index contributed by atoms with van der Waals surface area (Å²) in [5, 5.41) is 11.6. The SMILES string of the molecule is COC(=O)CCc1ccc(NC(=O)N(CCOS(C)(=O)=O)c2ccc(C#N)cc2)nc1. The van der Waals surface area contributed by atoms with Crippen LogP contribution in [0.1, 0.15) is 17.5 Å². The number of carbonyl (C=O) groups is 2. The van der Waals surface area contributed by atoms with E-state index in [2.05, 4.69) is 15.0 Å². The summed E-state index contributed by atoms with van der Waals surface area (Å²) in [7, 11) is -2.34. The van der Waals surface area contributed by atoms with E-state index in [1.807, 2.05) is 6.07 Å². The fraction of sp³-hybridized carbons (Fsp3) is 0.300. The molecule has 0 aliphatic carbocycles. The summed E-state index contributed by atoms with van der Waals surface area (Å²) in [6, 6.07) is 11.0. The van der Waals surface area contributed by atoms with Gasteiger partial charge in [-0.15, -0.1) is 0 Å². The molecule has 2 aromatic rings. The first-order valence-corrected chi connectivity index (χ1v) is 11.0. The van der Waals surface area contributed by atoms with E-state index in [0.29, 0.717) is 17.7 Å². The maximum atomic E-state index is 12.8. The van der Waals surface area contributed by atoms with Gasteiger partial charge in [-0.2, -0.15) is 13.7 Å². The van der Waals surface area contributed by atoms with Gasteiger partial charge < -0.3 is 4.74 Å². The zero-order valence-corrected chi connectivity index (χ0v) is 17.9. The van der Waals surface area contributed by atoms with E-state index >= 15 is 0 Å². The number of hydrogen-bond acceptors (Lipinski definition) is 8. The third-order valence-corrected chi connectivity index (χ3v) is 4.67. The number of nitrogens with one attached hydrogen (secondary N) is 1. The molecule has 1 N–H and O–H groups in total. The molecule has 10 nitrogen and oxygen atoms in total. The zero-order valence-electron chi connectivity index (χ0n) is 17.1. The van der Waals surface area contributed by atoms with E-state index < -0.39 is 16.1 Å². The number of urea groups is 1. The van der Waals surface area contributed by atoms with Crippen LogP contribution in [-0.2, 0) is 30.3 Å². The fourth-order valence-corrected chi connectivity index (χ4v) is 2.89. The quantitative estimate of drug-likeness (QED) is 0.456. The van der Waals surface area contributed by atoms with Crippen molar-refractivity contribution in [1.29, 1.82) is 5.26 Å². The maximum absolute atomic E-state index is 12.8. The molecule has 0 fully saturated rings. The Balaban J connectivity index is 2.10. The number of anilines is 2. The molecular formula is C20H22N4O6S. The van der Waals surface area contributed by atoms with Crippen LogP contribution in [0.3, 0.4) is 0 Å². The topological polar surface area (TPSA) is 139 Å². The molecule has 1 aromatic heterocycles. The van der Waals surface area contributed by atoms with Crippen molar-refractivity contribution in [2.45, 2.75) is 12.8 Å². The lowest BCUT2D eigenvalue weighted by atomic mass is 10.1. The number of amides is 2. The first-order valence-electron chi connectivity index (χ1n) is 9.16. The van der Waals surface area contributed by atoms with Crippen LogP contribution >= 0.6 is 0 Å². The lowest BCUT2D eigenvalue weighted by Crippen LogP contribution is -2.38. The van der Waals surface area contributed by atoms with Gasteiger partial charge in [0.15, 0.2) is 0 Å². The Bertz CT molecular complexity index is 1050. The first kappa shape index (κ1) is 23.8. The molecular weight excluding hydrogens is 424 g/mol. The van der Waals surface area contributed by atoms with E-state index in [1.54, 1.807) is 36.4 Å². The van der Waals surface area contributed by atoms with Crippen LogP contribution in [0.15, 0.2) is 42.6 Å². The highest BCUT2D eigenvalue weighted by atomic mass is 32.2. The number of nitrogens with zero attached hydrogens (tertiary/aromatic N) is 3. The molecule has 164 valence electrons. The first-order chi connectivity index (χ1) is 14.7. The van der Waals surface area contributed by atoms with Gasteiger partial charge in [-0.3, -0.25) is 19.2 Å². The van der Waals surface area contributed by atoms with E-state index in [1.165, 1.54) is 18.2 Å². The molecule has 2 amide bonds. The number of ether oxygens (including phenoxy) is 1. The van der Waals surface area contributed by atoms with E-state index in [-0.39, 0.29) is 31.4 Å². The number of rotatable bonds is 9. The number of hydrogen-bond donors (Lipinski definition) is 1. The Hall–Kier alpha value is -3.49. The molecule has 0 radical (unpaired) electrons. The Labute approximate surface area is 180 Å². The summed E-state index contributed by atoms with van der Waals surface area (Å²) >= 11 is 0. The van der Waals surface area contributed by atoms with Gasteiger partial charge in [0.1, 0.15) is 5.82 Å². The molecule has 0 saturated heterocycles. The Kier molecular flexibility index (Phi) is 8.48. The largest absolute Gasteiger partial charge is 0.469 e. The number of methoxy groups -OCH3 is 1. The van der Waals surface area contributed by atoms with Crippen molar-refractivity contribution < 1.29 is 26.9 Å². The molecule has 0 aliphatic heterocycles. The van der Waals surface area contributed by atoms with E-state index in [9.17, 15) is 18.0 Å². The van der Waals surface area contributed by atoms with Crippen molar-refractivity contribution in [2.24, 2.45) is 0 Å². The predicted octanol–water partition coefficient (Wildman–Crippen LogP) is 2.07. The highest BCUT2D eigenvalue weighted by Crippen LogP contribution is 2.17. The number of carbonyl (C=O) groups excluding carboxylic acids is 2. The van der Waals surface area contributed by atoms with Gasteiger partial charge in [0.05, 0.1) is 38.1 Å². The molecule has 0 saturated carbocycles. The number of aryl methyl sites for hydroxylation is 1. The molecule has 0 bridgehead atoms. The van der Waals surface area contributed by atoms with Crippen molar-refractivity contribution in [2.75, 3.05) is 36.7 Å². The van der Waals surface area contributed by atoms with Gasteiger partial charge in [0.25, 0.3) is 10.1 Å². The van der Waals surface area contributed by atoms with Crippen LogP contribution in [0, 0.1) is 11.3 Å². The highest BCUT2D eigenvalue weighted by Gasteiger charge is 2.17. The van der Waals surface area contributed by atoms with Gasteiger partial charge in [-0.05, 0) is 42.3 Å². The van der Waals surface area contributed by atoms with Crippen LogP contribution in [-0.4, -0.2) is 51.9 Å². The summed E-state index contributed by atoms with van der Waals surface area (Å²) in [6.45, 7) is -0.297. The van der Waals surface area contributed by atoms with Gasteiger partial charge in [-0.1, -0.05) is 6.07 Å². The highest BCUT2D eigenvalue weighted by molar-refractivity contribution is 7.85. The minimum atomic E-state index is -3.66. The standard InChI is InChI=1S/C20H22N4O6S/c1-29-19(25)10-6-16-5-9-18(22-14-16)23-20(26)24(11-12-30-31(2,27)28)17-7-3-15(13-21)4-8-17/h3-5,7-9,14H,6,10-12H2,1-2H3,(H,22,23,26). The molecule has 0 atom stereocenters. The van der Waals surface area contributed by atoms with Crippen molar-refractivity contribution in [1.82, 2.24) is 4.98 Å². The molecule has 0 aliphatic rings. The van der Waals surface area contributed by atoms with Crippen molar-refractivity contribution >= 4 is 33.6 Å². The summed E-state index contributed by atoms with van der Waals surface area (Å²) < 4.78 is 31.8. The van der Waals surface area contributed by atoms with Crippen molar-refractivity contribution in [3.63, 3.8) is 0 Å². The van der Waals surface area contributed by atoms with Crippen LogP contribution < -0.4 is 10.2 Å². The van der Waals surface area contributed by atoms with Crippen molar-refractivity contribution in [3.05, 3.63) is 53.7 Å². The molecule has 1 heterocycles. The van der Waals surface area contributed by atoms with Crippen LogP contribution in [0.4, 0.5) is 16.3 Å². The molecule has 0 spiro atoms. The lowest BCUT2D eigenvalue weighted by Gasteiger charge is -2.23. The average Bonchev–Trinajstić information content (AvgIpc) is 2.75. The Morgan fingerprint density at radius 3 is 2.45 bits per heavy atom. The van der Waals surface area contributed by atoms with Crippen LogP contribution in [0.25, 0.3) is 0 Å². The molecule has 1 aromatic carbocycles. The number of pyridine rings is 1.